The Kier molecular flexibility index (Phi) is 5.27. The van der Waals surface area contributed by atoms with Crippen molar-refractivity contribution in [3.63, 3.8) is 0 Å². The maximum absolute atomic E-state index is 12.6. The van der Waals surface area contributed by atoms with E-state index in [2.05, 4.69) is 11.8 Å². The Bertz CT molecular complexity index is 526. The minimum Gasteiger partial charge on any atom is -0.395 e. The van der Waals surface area contributed by atoms with Crippen LogP contribution in [0.4, 0.5) is 13.2 Å². The topological polar surface area (TPSA) is 23.5 Å². The molecule has 0 saturated heterocycles. The highest BCUT2D eigenvalue weighted by molar-refractivity contribution is 5.37. The first kappa shape index (κ1) is 15.9. The van der Waals surface area contributed by atoms with Crippen molar-refractivity contribution in [3.8, 4) is 11.8 Å². The number of alkyl halides is 3. The second-order valence-corrected chi connectivity index (χ2v) is 5.23. The first-order chi connectivity index (χ1) is 9.98. The molecule has 2 nitrogen and oxygen atoms in total. The molecule has 0 aliphatic heterocycles. The number of aliphatic hydroxyl groups is 1. The molecule has 1 saturated carbocycles. The average molecular weight is 297 g/mol. The molecule has 0 bridgehead atoms. The van der Waals surface area contributed by atoms with E-state index < -0.39 is 12.7 Å². The quantitative estimate of drug-likeness (QED) is 0.845. The van der Waals surface area contributed by atoms with Crippen LogP contribution in [-0.4, -0.2) is 35.4 Å². The summed E-state index contributed by atoms with van der Waals surface area (Å²) in [6.07, 6.45) is -2.09. The molecule has 0 amide bonds. The molecular formula is C16H18F3NO. The average Bonchev–Trinajstić information content (AvgIpc) is 3.21. The van der Waals surface area contributed by atoms with E-state index in [-0.39, 0.29) is 12.6 Å². The normalized spacial score (nSPS) is 14.9. The lowest BCUT2D eigenvalue weighted by atomic mass is 10.1. The Balaban J connectivity index is 2.03. The number of halogens is 3. The van der Waals surface area contributed by atoms with Gasteiger partial charge in [0.15, 0.2) is 0 Å². The van der Waals surface area contributed by atoms with Crippen LogP contribution >= 0.6 is 0 Å². The second-order valence-electron chi connectivity index (χ2n) is 5.23. The highest BCUT2D eigenvalue weighted by Crippen LogP contribution is 2.31. The number of hydrogen-bond donors (Lipinski definition) is 1. The highest BCUT2D eigenvalue weighted by atomic mass is 19.4. The number of aliphatic hydroxyl groups excluding tert-OH is 1. The van der Waals surface area contributed by atoms with Gasteiger partial charge in [0.25, 0.3) is 0 Å². The lowest BCUT2D eigenvalue weighted by Crippen LogP contribution is -2.35. The van der Waals surface area contributed by atoms with E-state index in [4.69, 9.17) is 5.11 Å². The summed E-state index contributed by atoms with van der Waals surface area (Å²) in [7, 11) is 0. The lowest BCUT2D eigenvalue weighted by molar-refractivity contribution is -0.148. The maximum atomic E-state index is 12.6. The summed E-state index contributed by atoms with van der Waals surface area (Å²) in [6.45, 7) is -0.564. The lowest BCUT2D eigenvalue weighted by Gasteiger charge is -2.23. The van der Waals surface area contributed by atoms with Crippen LogP contribution in [0.15, 0.2) is 24.3 Å². The van der Waals surface area contributed by atoms with Gasteiger partial charge in [0.1, 0.15) is 0 Å². The highest BCUT2D eigenvalue weighted by Gasteiger charge is 2.37. The molecule has 5 heteroatoms. The van der Waals surface area contributed by atoms with Gasteiger partial charge < -0.3 is 5.11 Å². The first-order valence-corrected chi connectivity index (χ1v) is 6.97. The number of rotatable bonds is 5. The molecule has 0 aromatic heterocycles. The van der Waals surface area contributed by atoms with E-state index in [1.165, 1.54) is 4.90 Å². The molecule has 21 heavy (non-hydrogen) atoms. The van der Waals surface area contributed by atoms with Gasteiger partial charge in [-0.05, 0) is 30.5 Å². The summed E-state index contributed by atoms with van der Waals surface area (Å²) in [6, 6.07) is 7.31. The van der Waals surface area contributed by atoms with Gasteiger partial charge in [0.2, 0.25) is 0 Å². The summed E-state index contributed by atoms with van der Waals surface area (Å²) in [5.74, 6) is 5.71. The van der Waals surface area contributed by atoms with Gasteiger partial charge in [0.05, 0.1) is 13.2 Å². The predicted molar refractivity (Wildman–Crippen MR) is 74.5 cm³/mol. The standard InChI is InChI=1S/C16H18F3NO/c17-16(18,19)12-20(15-7-8-15)11-14-6-3-5-13(10-14)4-1-2-9-21/h3,5-6,10,15,21H,2,7-9,11-12H2. The van der Waals surface area contributed by atoms with E-state index in [9.17, 15) is 13.2 Å². The Morgan fingerprint density at radius 1 is 1.29 bits per heavy atom. The van der Waals surface area contributed by atoms with Gasteiger partial charge in [0, 0.05) is 24.6 Å². The van der Waals surface area contributed by atoms with Crippen LogP contribution in [0, 0.1) is 11.8 Å². The summed E-state index contributed by atoms with van der Waals surface area (Å²) in [5, 5.41) is 8.68. The van der Waals surface area contributed by atoms with Gasteiger partial charge >= 0.3 is 6.18 Å². The van der Waals surface area contributed by atoms with E-state index in [0.29, 0.717) is 13.0 Å². The first-order valence-electron chi connectivity index (χ1n) is 6.97. The molecule has 0 atom stereocenters. The van der Waals surface area contributed by atoms with Gasteiger partial charge in [-0.25, -0.2) is 0 Å². The Labute approximate surface area is 122 Å². The largest absolute Gasteiger partial charge is 0.401 e. The second kappa shape index (κ2) is 6.97. The van der Waals surface area contributed by atoms with Crippen molar-refractivity contribution < 1.29 is 18.3 Å². The van der Waals surface area contributed by atoms with Crippen molar-refractivity contribution in [3.05, 3.63) is 35.4 Å². The monoisotopic (exact) mass is 297 g/mol. The van der Waals surface area contributed by atoms with Crippen molar-refractivity contribution in [2.45, 2.75) is 38.0 Å². The third-order valence-electron chi connectivity index (χ3n) is 3.23. The minimum atomic E-state index is -4.17. The van der Waals surface area contributed by atoms with Gasteiger partial charge in [-0.3, -0.25) is 4.90 Å². The van der Waals surface area contributed by atoms with Crippen LogP contribution in [-0.2, 0) is 6.54 Å². The van der Waals surface area contributed by atoms with Crippen molar-refractivity contribution >= 4 is 0 Å². The minimum absolute atomic E-state index is 0.00767. The van der Waals surface area contributed by atoms with Crippen LogP contribution < -0.4 is 0 Å². The third kappa shape index (κ3) is 5.78. The molecule has 1 N–H and O–H groups in total. The SMILES string of the molecule is OCCC#Cc1cccc(CN(CC(F)(F)F)C2CC2)c1. The van der Waals surface area contributed by atoms with Crippen molar-refractivity contribution in [2.75, 3.05) is 13.2 Å². The third-order valence-corrected chi connectivity index (χ3v) is 3.23. The number of hydrogen-bond acceptors (Lipinski definition) is 2. The summed E-state index contributed by atoms with van der Waals surface area (Å²) < 4.78 is 37.8. The number of benzene rings is 1. The molecule has 0 unspecified atom stereocenters. The Hall–Kier alpha value is -1.51. The molecular weight excluding hydrogens is 279 g/mol. The molecule has 1 aromatic rings. The van der Waals surface area contributed by atoms with E-state index in [1.807, 2.05) is 18.2 Å². The maximum Gasteiger partial charge on any atom is 0.401 e. The summed E-state index contributed by atoms with van der Waals surface area (Å²) >= 11 is 0. The molecule has 0 heterocycles. The van der Waals surface area contributed by atoms with Gasteiger partial charge in [-0.15, -0.1) is 0 Å². The zero-order chi connectivity index (χ0) is 15.3. The van der Waals surface area contributed by atoms with Crippen LogP contribution in [0.2, 0.25) is 0 Å². The predicted octanol–water partition coefficient (Wildman–Crippen LogP) is 2.95. The fourth-order valence-corrected chi connectivity index (χ4v) is 2.19. The molecule has 1 aliphatic rings. The van der Waals surface area contributed by atoms with Gasteiger partial charge in [-0.2, -0.15) is 13.2 Å². The van der Waals surface area contributed by atoms with E-state index in [1.54, 1.807) is 6.07 Å². The van der Waals surface area contributed by atoms with Crippen molar-refractivity contribution in [1.29, 1.82) is 0 Å². The molecule has 2 rings (SSSR count). The van der Waals surface area contributed by atoms with E-state index >= 15 is 0 Å². The van der Waals surface area contributed by atoms with E-state index in [0.717, 1.165) is 24.0 Å². The fraction of sp³-hybridized carbons (Fsp3) is 0.500. The molecule has 114 valence electrons. The molecule has 0 radical (unpaired) electrons. The molecule has 1 fully saturated rings. The van der Waals surface area contributed by atoms with Crippen molar-refractivity contribution in [1.82, 2.24) is 4.90 Å². The van der Waals surface area contributed by atoms with Crippen LogP contribution in [0.25, 0.3) is 0 Å². The molecule has 0 spiro atoms. The van der Waals surface area contributed by atoms with Crippen molar-refractivity contribution in [2.24, 2.45) is 0 Å². The molecule has 1 aromatic carbocycles. The fourth-order valence-electron chi connectivity index (χ4n) is 2.19. The van der Waals surface area contributed by atoms with Gasteiger partial charge in [-0.1, -0.05) is 24.0 Å². The summed E-state index contributed by atoms with van der Waals surface area (Å²) in [5.41, 5.74) is 1.60. The zero-order valence-corrected chi connectivity index (χ0v) is 11.7. The van der Waals surface area contributed by atoms with Crippen LogP contribution in [0.5, 0.6) is 0 Å². The zero-order valence-electron chi connectivity index (χ0n) is 11.7. The van der Waals surface area contributed by atoms with Crippen LogP contribution in [0.3, 0.4) is 0 Å². The smallest absolute Gasteiger partial charge is 0.395 e. The number of nitrogens with zero attached hydrogens (tertiary/aromatic N) is 1. The summed E-state index contributed by atoms with van der Waals surface area (Å²) in [4.78, 5) is 1.49. The molecule has 1 aliphatic carbocycles. The Morgan fingerprint density at radius 2 is 2.05 bits per heavy atom. The van der Waals surface area contributed by atoms with Crippen LogP contribution in [0.1, 0.15) is 30.4 Å². The Morgan fingerprint density at radius 3 is 2.67 bits per heavy atom.